The largest absolute Gasteiger partial charge is 0.459 e. The third kappa shape index (κ3) is 3.56. The lowest BCUT2D eigenvalue weighted by Crippen LogP contribution is -2.33. The van der Waals surface area contributed by atoms with Gasteiger partial charge in [0.05, 0.1) is 12.5 Å². The van der Waals surface area contributed by atoms with Crippen LogP contribution >= 0.6 is 11.6 Å². The molecule has 0 bridgehead atoms. The highest BCUT2D eigenvalue weighted by atomic mass is 35.5. The van der Waals surface area contributed by atoms with E-state index in [2.05, 4.69) is 5.32 Å². The minimum absolute atomic E-state index is 0.0825. The van der Waals surface area contributed by atoms with Gasteiger partial charge in [0.1, 0.15) is 11.5 Å². The molecule has 0 spiro atoms. The molecule has 1 aromatic heterocycles. The number of nitrogens with one attached hydrogen (secondary N) is 1. The van der Waals surface area contributed by atoms with Crippen molar-refractivity contribution in [2.45, 2.75) is 31.8 Å². The van der Waals surface area contributed by atoms with Gasteiger partial charge in [-0.2, -0.15) is 0 Å². The Morgan fingerprint density at radius 3 is 2.68 bits per heavy atom. The van der Waals surface area contributed by atoms with Crippen LogP contribution in [0.4, 0.5) is 0 Å². The summed E-state index contributed by atoms with van der Waals surface area (Å²) in [7, 11) is 0. The SMILES string of the molecule is O=C(NCc1ccc(-c2ccc(Cl)cc2)o1)[C@@H]1CC(=O)N(C2CC2)C1. The average Bonchev–Trinajstić information content (AvgIpc) is 3.21. The zero-order valence-electron chi connectivity index (χ0n) is 13.7. The number of likely N-dealkylation sites (tertiary alicyclic amines) is 1. The van der Waals surface area contributed by atoms with Crippen LogP contribution in [0.3, 0.4) is 0 Å². The number of hydrogen-bond donors (Lipinski definition) is 1. The summed E-state index contributed by atoms with van der Waals surface area (Å²) >= 11 is 5.89. The molecule has 0 unspecified atom stereocenters. The van der Waals surface area contributed by atoms with Crippen LogP contribution in [0.5, 0.6) is 0 Å². The third-order valence-corrected chi connectivity index (χ3v) is 5.00. The lowest BCUT2D eigenvalue weighted by molar-refractivity contribution is -0.129. The first-order chi connectivity index (χ1) is 12.1. The van der Waals surface area contributed by atoms with E-state index in [0.29, 0.717) is 36.3 Å². The Kier molecular flexibility index (Phi) is 4.25. The van der Waals surface area contributed by atoms with E-state index in [4.69, 9.17) is 16.0 Å². The van der Waals surface area contributed by atoms with E-state index < -0.39 is 0 Å². The molecule has 2 amide bonds. The highest BCUT2D eigenvalue weighted by Gasteiger charge is 2.41. The molecule has 130 valence electrons. The number of nitrogens with zero attached hydrogens (tertiary/aromatic N) is 1. The van der Waals surface area contributed by atoms with Gasteiger partial charge in [0, 0.05) is 29.6 Å². The summed E-state index contributed by atoms with van der Waals surface area (Å²) in [6, 6.07) is 11.5. The van der Waals surface area contributed by atoms with Crippen LogP contribution in [-0.2, 0) is 16.1 Å². The van der Waals surface area contributed by atoms with Gasteiger partial charge in [-0.05, 0) is 49.2 Å². The van der Waals surface area contributed by atoms with Gasteiger partial charge in [-0.1, -0.05) is 11.6 Å². The van der Waals surface area contributed by atoms with Crippen LogP contribution in [-0.4, -0.2) is 29.3 Å². The maximum atomic E-state index is 12.3. The third-order valence-electron chi connectivity index (χ3n) is 4.74. The molecule has 4 rings (SSSR count). The van der Waals surface area contributed by atoms with Gasteiger partial charge in [-0.25, -0.2) is 0 Å². The number of hydrogen-bond acceptors (Lipinski definition) is 3. The summed E-state index contributed by atoms with van der Waals surface area (Å²) < 4.78 is 5.78. The van der Waals surface area contributed by atoms with E-state index in [1.807, 2.05) is 41.3 Å². The second-order valence-corrected chi connectivity index (χ2v) is 7.11. The molecule has 1 saturated carbocycles. The molecule has 1 aliphatic heterocycles. The van der Waals surface area contributed by atoms with Crippen molar-refractivity contribution in [1.82, 2.24) is 10.2 Å². The summed E-state index contributed by atoms with van der Waals surface area (Å²) in [5.41, 5.74) is 0.934. The lowest BCUT2D eigenvalue weighted by atomic mass is 10.1. The Hall–Kier alpha value is -2.27. The van der Waals surface area contributed by atoms with Crippen molar-refractivity contribution < 1.29 is 14.0 Å². The second-order valence-electron chi connectivity index (χ2n) is 6.67. The predicted octanol–water partition coefficient (Wildman–Crippen LogP) is 3.23. The van der Waals surface area contributed by atoms with Crippen LogP contribution in [0, 0.1) is 5.92 Å². The van der Waals surface area contributed by atoms with Gasteiger partial charge in [0.25, 0.3) is 0 Å². The molecule has 2 aromatic rings. The van der Waals surface area contributed by atoms with Crippen LogP contribution in [0.2, 0.25) is 5.02 Å². The molecule has 0 radical (unpaired) electrons. The highest BCUT2D eigenvalue weighted by molar-refractivity contribution is 6.30. The molecular weight excluding hydrogens is 340 g/mol. The van der Waals surface area contributed by atoms with E-state index in [0.717, 1.165) is 24.2 Å². The van der Waals surface area contributed by atoms with Crippen LogP contribution < -0.4 is 5.32 Å². The molecule has 6 heteroatoms. The van der Waals surface area contributed by atoms with E-state index in [-0.39, 0.29) is 17.7 Å². The smallest absolute Gasteiger partial charge is 0.225 e. The first kappa shape index (κ1) is 16.2. The summed E-state index contributed by atoms with van der Waals surface area (Å²) in [4.78, 5) is 26.1. The number of amides is 2. The first-order valence-corrected chi connectivity index (χ1v) is 8.90. The fraction of sp³-hybridized carbons (Fsp3) is 0.368. The number of benzene rings is 1. The maximum Gasteiger partial charge on any atom is 0.225 e. The Bertz CT molecular complexity index is 795. The highest BCUT2D eigenvalue weighted by Crippen LogP contribution is 2.32. The summed E-state index contributed by atoms with van der Waals surface area (Å²) in [5, 5.41) is 3.56. The van der Waals surface area contributed by atoms with Crippen molar-refractivity contribution >= 4 is 23.4 Å². The molecule has 2 heterocycles. The van der Waals surface area contributed by atoms with E-state index in [9.17, 15) is 9.59 Å². The minimum Gasteiger partial charge on any atom is -0.459 e. The monoisotopic (exact) mass is 358 g/mol. The van der Waals surface area contributed by atoms with Crippen LogP contribution in [0.25, 0.3) is 11.3 Å². The number of rotatable bonds is 5. The zero-order valence-corrected chi connectivity index (χ0v) is 14.5. The van der Waals surface area contributed by atoms with Gasteiger partial charge >= 0.3 is 0 Å². The zero-order chi connectivity index (χ0) is 17.4. The van der Waals surface area contributed by atoms with E-state index in [1.165, 1.54) is 0 Å². The molecule has 1 N–H and O–H groups in total. The summed E-state index contributed by atoms with van der Waals surface area (Å²) in [6.45, 7) is 0.865. The van der Waals surface area contributed by atoms with Crippen molar-refractivity contribution in [2.24, 2.45) is 5.92 Å². The van der Waals surface area contributed by atoms with Gasteiger partial charge in [0.15, 0.2) is 0 Å². The number of furan rings is 1. The van der Waals surface area contributed by atoms with Crippen molar-refractivity contribution in [2.75, 3.05) is 6.54 Å². The lowest BCUT2D eigenvalue weighted by Gasteiger charge is -2.15. The summed E-state index contributed by atoms with van der Waals surface area (Å²) in [5.74, 6) is 1.18. The fourth-order valence-corrected chi connectivity index (χ4v) is 3.33. The molecule has 5 nitrogen and oxygen atoms in total. The quantitative estimate of drug-likeness (QED) is 0.892. The van der Waals surface area contributed by atoms with E-state index in [1.54, 1.807) is 0 Å². The Morgan fingerprint density at radius 1 is 1.20 bits per heavy atom. The molecule has 1 saturated heterocycles. The fourth-order valence-electron chi connectivity index (χ4n) is 3.21. The molecule has 1 aromatic carbocycles. The van der Waals surface area contributed by atoms with Gasteiger partial charge in [0.2, 0.25) is 11.8 Å². The predicted molar refractivity (Wildman–Crippen MR) is 93.8 cm³/mol. The molecule has 2 fully saturated rings. The Labute approximate surface area is 150 Å². The van der Waals surface area contributed by atoms with Gasteiger partial charge in [-0.15, -0.1) is 0 Å². The summed E-state index contributed by atoms with van der Waals surface area (Å²) in [6.07, 6.45) is 2.45. The number of carbonyl (C=O) groups excluding carboxylic acids is 2. The maximum absolute atomic E-state index is 12.3. The molecular formula is C19H19ClN2O3. The van der Waals surface area contributed by atoms with Crippen molar-refractivity contribution in [3.8, 4) is 11.3 Å². The van der Waals surface area contributed by atoms with Crippen molar-refractivity contribution in [3.05, 3.63) is 47.2 Å². The Morgan fingerprint density at radius 2 is 1.96 bits per heavy atom. The number of halogens is 1. The van der Waals surface area contributed by atoms with Crippen molar-refractivity contribution in [3.63, 3.8) is 0 Å². The molecule has 1 aliphatic carbocycles. The minimum atomic E-state index is -0.251. The van der Waals surface area contributed by atoms with E-state index >= 15 is 0 Å². The van der Waals surface area contributed by atoms with Crippen LogP contribution in [0.15, 0.2) is 40.8 Å². The van der Waals surface area contributed by atoms with Crippen LogP contribution in [0.1, 0.15) is 25.0 Å². The normalized spacial score (nSPS) is 20.1. The molecule has 1 atom stereocenters. The average molecular weight is 359 g/mol. The van der Waals surface area contributed by atoms with Gasteiger partial charge < -0.3 is 14.6 Å². The Balaban J connectivity index is 1.33. The standard InChI is InChI=1S/C19H19ClN2O3/c20-14-3-1-12(2-4-14)17-8-7-16(25-17)10-21-19(24)13-9-18(23)22(11-13)15-5-6-15/h1-4,7-8,13,15H,5-6,9-11H2,(H,21,24)/t13-/m1/s1. The number of carbonyl (C=O) groups is 2. The molecule has 25 heavy (non-hydrogen) atoms. The van der Waals surface area contributed by atoms with Gasteiger partial charge in [-0.3, -0.25) is 9.59 Å². The topological polar surface area (TPSA) is 62.6 Å². The van der Waals surface area contributed by atoms with Crippen molar-refractivity contribution in [1.29, 1.82) is 0 Å². The second kappa shape index (κ2) is 6.56. The molecule has 2 aliphatic rings. The first-order valence-electron chi connectivity index (χ1n) is 8.52.